The van der Waals surface area contributed by atoms with Crippen molar-refractivity contribution >= 4 is 12.4 Å². The molecule has 0 saturated heterocycles. The molecule has 0 amide bonds. The van der Waals surface area contributed by atoms with Crippen molar-refractivity contribution < 1.29 is 17.7 Å². The second-order valence-electron chi connectivity index (χ2n) is 4.34. The van der Waals surface area contributed by atoms with Gasteiger partial charge in [0.15, 0.2) is 5.82 Å². The van der Waals surface area contributed by atoms with Crippen molar-refractivity contribution in [1.82, 2.24) is 20.4 Å². The lowest BCUT2D eigenvalue weighted by atomic mass is 10.2. The zero-order valence-corrected chi connectivity index (χ0v) is 12.1. The summed E-state index contributed by atoms with van der Waals surface area (Å²) in [6.45, 7) is 1.95. The van der Waals surface area contributed by atoms with Gasteiger partial charge in [0, 0.05) is 18.7 Å². The van der Waals surface area contributed by atoms with E-state index < -0.39 is 11.9 Å². The molecule has 0 aliphatic rings. The smallest absolute Gasteiger partial charge is 0.334 e. The molecule has 0 aliphatic carbocycles. The van der Waals surface area contributed by atoms with Crippen LogP contribution in [0.15, 0.2) is 22.9 Å². The van der Waals surface area contributed by atoms with Crippen LogP contribution in [-0.2, 0) is 12.6 Å². The molecule has 2 heterocycles. The fourth-order valence-electron chi connectivity index (χ4n) is 1.52. The second kappa shape index (κ2) is 6.86. The SMILES string of the molecule is CNC(C)Cc1noc(-c2ccc(C(F)(F)F)nc2)n1.Cl. The molecule has 9 heteroatoms. The average molecular weight is 323 g/mol. The minimum atomic E-state index is -4.46. The highest BCUT2D eigenvalue weighted by Gasteiger charge is 2.32. The quantitative estimate of drug-likeness (QED) is 0.937. The Morgan fingerprint density at radius 1 is 1.33 bits per heavy atom. The minimum Gasteiger partial charge on any atom is -0.334 e. The number of halogens is 4. The lowest BCUT2D eigenvalue weighted by Crippen LogP contribution is -2.24. The van der Waals surface area contributed by atoms with Gasteiger partial charge in [-0.15, -0.1) is 12.4 Å². The molecular weight excluding hydrogens is 309 g/mol. The summed E-state index contributed by atoms with van der Waals surface area (Å²) in [5.41, 5.74) is -0.598. The molecule has 5 nitrogen and oxygen atoms in total. The molecule has 0 radical (unpaired) electrons. The first kappa shape index (κ1) is 17.4. The molecule has 0 bridgehead atoms. The Balaban J connectivity index is 0.00000220. The summed E-state index contributed by atoms with van der Waals surface area (Å²) >= 11 is 0. The summed E-state index contributed by atoms with van der Waals surface area (Å²) in [6.07, 6.45) is -2.82. The molecule has 0 saturated carbocycles. The predicted octanol–water partition coefficient (Wildman–Crippen LogP) is 2.72. The normalized spacial score (nSPS) is 12.8. The average Bonchev–Trinajstić information content (AvgIpc) is 2.86. The van der Waals surface area contributed by atoms with Gasteiger partial charge in [0.25, 0.3) is 5.89 Å². The van der Waals surface area contributed by atoms with Crippen LogP contribution in [0.4, 0.5) is 13.2 Å². The van der Waals surface area contributed by atoms with Gasteiger partial charge in [-0.05, 0) is 26.1 Å². The van der Waals surface area contributed by atoms with Crippen molar-refractivity contribution in [1.29, 1.82) is 0 Å². The molecule has 0 aromatic carbocycles. The highest BCUT2D eigenvalue weighted by molar-refractivity contribution is 5.85. The maximum Gasteiger partial charge on any atom is 0.433 e. The Hall–Kier alpha value is -1.67. The largest absolute Gasteiger partial charge is 0.433 e. The third kappa shape index (κ3) is 4.40. The summed E-state index contributed by atoms with van der Waals surface area (Å²) in [5.74, 6) is 0.645. The molecule has 2 aromatic heterocycles. The van der Waals surface area contributed by atoms with Gasteiger partial charge in [0.2, 0.25) is 0 Å². The van der Waals surface area contributed by atoms with Crippen LogP contribution >= 0.6 is 12.4 Å². The van der Waals surface area contributed by atoms with Gasteiger partial charge in [-0.2, -0.15) is 18.2 Å². The Bertz CT molecular complexity index is 571. The Kier molecular flexibility index (Phi) is 5.68. The zero-order chi connectivity index (χ0) is 14.8. The molecule has 116 valence electrons. The Labute approximate surface area is 125 Å². The minimum absolute atomic E-state index is 0. The van der Waals surface area contributed by atoms with Crippen LogP contribution in [0.3, 0.4) is 0 Å². The molecule has 1 unspecified atom stereocenters. The predicted molar refractivity (Wildman–Crippen MR) is 72.0 cm³/mol. The molecule has 0 spiro atoms. The van der Waals surface area contributed by atoms with Crippen LogP contribution in [0.2, 0.25) is 0 Å². The zero-order valence-electron chi connectivity index (χ0n) is 11.3. The molecule has 0 fully saturated rings. The van der Waals surface area contributed by atoms with Gasteiger partial charge in [0.1, 0.15) is 5.69 Å². The lowest BCUT2D eigenvalue weighted by Gasteiger charge is -2.05. The number of alkyl halides is 3. The molecule has 1 N–H and O–H groups in total. The van der Waals surface area contributed by atoms with Gasteiger partial charge in [-0.25, -0.2) is 0 Å². The third-order valence-electron chi connectivity index (χ3n) is 2.75. The molecular formula is C12H14ClF3N4O. The van der Waals surface area contributed by atoms with E-state index in [9.17, 15) is 13.2 Å². The van der Waals surface area contributed by atoms with Gasteiger partial charge in [-0.3, -0.25) is 4.98 Å². The number of rotatable bonds is 4. The van der Waals surface area contributed by atoms with E-state index in [0.29, 0.717) is 17.8 Å². The number of hydrogen-bond donors (Lipinski definition) is 1. The molecule has 0 aliphatic heterocycles. The third-order valence-corrected chi connectivity index (χ3v) is 2.75. The fraction of sp³-hybridized carbons (Fsp3) is 0.417. The van der Waals surface area contributed by atoms with Crippen LogP contribution in [0.1, 0.15) is 18.4 Å². The first-order valence-electron chi connectivity index (χ1n) is 5.93. The van der Waals surface area contributed by atoms with Crippen molar-refractivity contribution in [3.05, 3.63) is 29.8 Å². The highest BCUT2D eigenvalue weighted by atomic mass is 35.5. The van der Waals surface area contributed by atoms with E-state index in [1.54, 1.807) is 0 Å². The number of nitrogens with one attached hydrogen (secondary N) is 1. The van der Waals surface area contributed by atoms with E-state index >= 15 is 0 Å². The maximum absolute atomic E-state index is 12.4. The van der Waals surface area contributed by atoms with Crippen molar-refractivity contribution in [2.75, 3.05) is 7.05 Å². The second-order valence-corrected chi connectivity index (χ2v) is 4.34. The van der Waals surface area contributed by atoms with Gasteiger partial charge < -0.3 is 9.84 Å². The summed E-state index contributed by atoms with van der Waals surface area (Å²) in [4.78, 5) is 7.47. The highest BCUT2D eigenvalue weighted by Crippen LogP contribution is 2.28. The summed E-state index contributed by atoms with van der Waals surface area (Å²) < 4.78 is 42.2. The number of hydrogen-bond acceptors (Lipinski definition) is 5. The van der Waals surface area contributed by atoms with Crippen molar-refractivity contribution in [3.8, 4) is 11.5 Å². The summed E-state index contributed by atoms with van der Waals surface area (Å²) in [7, 11) is 1.81. The Morgan fingerprint density at radius 3 is 2.57 bits per heavy atom. The fourth-order valence-corrected chi connectivity index (χ4v) is 1.52. The van der Waals surface area contributed by atoms with Crippen LogP contribution in [0, 0.1) is 0 Å². The van der Waals surface area contributed by atoms with E-state index in [2.05, 4.69) is 20.4 Å². The summed E-state index contributed by atoms with van der Waals surface area (Å²) in [6, 6.07) is 2.32. The summed E-state index contributed by atoms with van der Waals surface area (Å²) in [5, 5.41) is 6.80. The van der Waals surface area contributed by atoms with Gasteiger partial charge in [-0.1, -0.05) is 5.16 Å². The standard InChI is InChI=1S/C12H13F3N4O.ClH/c1-7(16-2)5-10-18-11(20-19-10)8-3-4-9(17-6-8)12(13,14)15;/h3-4,6-7,16H,5H2,1-2H3;1H. The number of pyridine rings is 1. The van der Waals surface area contributed by atoms with E-state index in [0.717, 1.165) is 12.3 Å². The monoisotopic (exact) mass is 322 g/mol. The first-order chi connectivity index (χ1) is 9.40. The van der Waals surface area contributed by atoms with Gasteiger partial charge >= 0.3 is 6.18 Å². The van der Waals surface area contributed by atoms with Crippen molar-refractivity contribution in [2.45, 2.75) is 25.6 Å². The maximum atomic E-state index is 12.4. The number of aromatic nitrogens is 3. The van der Waals surface area contributed by atoms with Gasteiger partial charge in [0.05, 0.1) is 5.56 Å². The van der Waals surface area contributed by atoms with Crippen LogP contribution < -0.4 is 5.32 Å². The van der Waals surface area contributed by atoms with Crippen LogP contribution in [0.25, 0.3) is 11.5 Å². The van der Waals surface area contributed by atoms with E-state index in [-0.39, 0.29) is 24.3 Å². The lowest BCUT2D eigenvalue weighted by molar-refractivity contribution is -0.141. The molecule has 2 aromatic rings. The molecule has 21 heavy (non-hydrogen) atoms. The van der Waals surface area contributed by atoms with Crippen LogP contribution in [-0.4, -0.2) is 28.2 Å². The number of likely N-dealkylation sites (N-methyl/N-ethyl adjacent to an activating group) is 1. The van der Waals surface area contributed by atoms with E-state index in [1.807, 2.05) is 14.0 Å². The van der Waals surface area contributed by atoms with E-state index in [1.165, 1.54) is 6.07 Å². The molecule has 1 atom stereocenters. The molecule has 2 rings (SSSR count). The number of nitrogens with zero attached hydrogens (tertiary/aromatic N) is 3. The van der Waals surface area contributed by atoms with E-state index in [4.69, 9.17) is 4.52 Å². The van der Waals surface area contributed by atoms with Crippen LogP contribution in [0.5, 0.6) is 0 Å². The van der Waals surface area contributed by atoms with Crippen molar-refractivity contribution in [3.63, 3.8) is 0 Å². The first-order valence-corrected chi connectivity index (χ1v) is 5.93. The Morgan fingerprint density at radius 2 is 2.05 bits per heavy atom. The van der Waals surface area contributed by atoms with Crippen molar-refractivity contribution in [2.24, 2.45) is 0 Å². The topological polar surface area (TPSA) is 63.8 Å².